The maximum atomic E-state index is 12.9. The molecule has 6 nitrogen and oxygen atoms in total. The van der Waals surface area contributed by atoms with E-state index in [1.165, 1.54) is 24.7 Å². The monoisotopic (exact) mass is 328 g/mol. The smallest absolute Gasteiger partial charge is 0.206 e. The van der Waals surface area contributed by atoms with Gasteiger partial charge < -0.3 is 9.47 Å². The highest BCUT2D eigenvalue weighted by Gasteiger charge is 2.39. The number of hydrogen-bond acceptors (Lipinski definition) is 6. The Morgan fingerprint density at radius 1 is 1.00 bits per heavy atom. The second kappa shape index (κ2) is 5.79. The topological polar surface area (TPSA) is 100 Å². The number of ether oxygens (including phenoxy) is 2. The van der Waals surface area contributed by atoms with Gasteiger partial charge in [-0.3, -0.25) is 0 Å². The van der Waals surface area contributed by atoms with Crippen molar-refractivity contribution in [2.45, 2.75) is 25.0 Å². The molecule has 0 aliphatic carbocycles. The zero-order valence-electron chi connectivity index (χ0n) is 12.0. The van der Waals surface area contributed by atoms with Crippen molar-refractivity contribution in [2.24, 2.45) is 0 Å². The number of nitriles is 2. The van der Waals surface area contributed by atoms with E-state index < -0.39 is 22.0 Å². The molecule has 0 N–H and O–H groups in total. The first-order valence-electron chi connectivity index (χ1n) is 6.91. The molecular formula is C16H12N2O4S. The summed E-state index contributed by atoms with van der Waals surface area (Å²) in [5, 5.41) is 18.2. The fourth-order valence-electron chi connectivity index (χ4n) is 2.61. The van der Waals surface area contributed by atoms with E-state index in [1.54, 1.807) is 24.3 Å². The van der Waals surface area contributed by atoms with Crippen molar-refractivity contribution in [3.8, 4) is 12.1 Å². The Morgan fingerprint density at radius 3 is 1.83 bits per heavy atom. The molecule has 23 heavy (non-hydrogen) atoms. The summed E-state index contributed by atoms with van der Waals surface area (Å²) in [4.78, 5) is 0.0991. The van der Waals surface area contributed by atoms with Crippen molar-refractivity contribution in [3.63, 3.8) is 0 Å². The highest BCUT2D eigenvalue weighted by atomic mass is 32.2. The van der Waals surface area contributed by atoms with E-state index in [0.717, 1.165) is 0 Å². The van der Waals surface area contributed by atoms with Crippen molar-refractivity contribution in [3.05, 3.63) is 57.8 Å². The van der Waals surface area contributed by atoms with Gasteiger partial charge >= 0.3 is 0 Å². The van der Waals surface area contributed by atoms with Crippen LogP contribution in [-0.2, 0) is 19.3 Å². The minimum atomic E-state index is -3.77. The van der Waals surface area contributed by atoms with Gasteiger partial charge in [0, 0.05) is 18.4 Å². The molecule has 116 valence electrons. The maximum absolute atomic E-state index is 12.9. The van der Waals surface area contributed by atoms with Crippen LogP contribution in [0.15, 0.2) is 57.8 Å². The predicted molar refractivity (Wildman–Crippen MR) is 80.6 cm³/mol. The summed E-state index contributed by atoms with van der Waals surface area (Å²) in [6, 6.07) is 3.59. The molecule has 3 aliphatic rings. The Bertz CT molecular complexity index is 796. The highest BCUT2D eigenvalue weighted by Crippen LogP contribution is 2.37. The van der Waals surface area contributed by atoms with Crippen LogP contribution in [0.2, 0.25) is 0 Å². The molecule has 0 spiro atoms. The van der Waals surface area contributed by atoms with Crippen LogP contribution in [-0.4, -0.2) is 20.6 Å². The van der Waals surface area contributed by atoms with Crippen LogP contribution in [0.3, 0.4) is 0 Å². The van der Waals surface area contributed by atoms with Crippen LogP contribution >= 0.6 is 0 Å². The quantitative estimate of drug-likeness (QED) is 0.720. The minimum absolute atomic E-state index is 0.0495. The Labute approximate surface area is 133 Å². The lowest BCUT2D eigenvalue weighted by Gasteiger charge is -2.24. The molecule has 3 rings (SSSR count). The van der Waals surface area contributed by atoms with E-state index in [2.05, 4.69) is 0 Å². The predicted octanol–water partition coefficient (Wildman–Crippen LogP) is 2.13. The number of nitrogens with zero attached hydrogens (tertiary/aromatic N) is 2. The molecule has 0 aromatic heterocycles. The van der Waals surface area contributed by atoms with Crippen LogP contribution in [0.4, 0.5) is 0 Å². The number of allylic oxidation sites excluding steroid dienone is 4. The van der Waals surface area contributed by atoms with Gasteiger partial charge in [-0.05, 0) is 24.3 Å². The molecule has 7 heteroatoms. The molecule has 0 aromatic carbocycles. The van der Waals surface area contributed by atoms with E-state index in [9.17, 15) is 8.42 Å². The summed E-state index contributed by atoms with van der Waals surface area (Å²) in [6.45, 7) is 0. The van der Waals surface area contributed by atoms with Crippen molar-refractivity contribution in [1.29, 1.82) is 10.5 Å². The van der Waals surface area contributed by atoms with Gasteiger partial charge in [0.1, 0.15) is 29.9 Å². The standard InChI is InChI=1S/C16H12N2O4S/c17-9-12(10-18)11-7-15(13-3-1-5-21-13)23(19,20)16(8-11)14-4-2-6-22-14/h1-2,5-8,13-14H,3-4H2. The van der Waals surface area contributed by atoms with Gasteiger partial charge in [-0.2, -0.15) is 10.5 Å². The molecule has 3 aliphatic heterocycles. The summed E-state index contributed by atoms with van der Waals surface area (Å²) in [5.41, 5.74) is 0.118. The van der Waals surface area contributed by atoms with Gasteiger partial charge in [0.05, 0.1) is 22.3 Å². The fraction of sp³-hybridized carbons (Fsp3) is 0.250. The number of hydrogen-bond donors (Lipinski definition) is 0. The van der Waals surface area contributed by atoms with Crippen molar-refractivity contribution < 1.29 is 17.9 Å². The molecule has 0 bridgehead atoms. The molecule has 0 fully saturated rings. The van der Waals surface area contributed by atoms with Crippen molar-refractivity contribution in [2.75, 3.05) is 0 Å². The lowest BCUT2D eigenvalue weighted by Crippen LogP contribution is -2.27. The normalized spacial score (nSPS) is 27.3. The van der Waals surface area contributed by atoms with Gasteiger partial charge in [-0.25, -0.2) is 8.42 Å². The summed E-state index contributed by atoms with van der Waals surface area (Å²) in [5.74, 6) is 0. The van der Waals surface area contributed by atoms with Crippen LogP contribution in [0.5, 0.6) is 0 Å². The van der Waals surface area contributed by atoms with Crippen molar-refractivity contribution >= 4 is 9.84 Å². The lowest BCUT2D eigenvalue weighted by molar-refractivity contribution is 0.205. The van der Waals surface area contributed by atoms with E-state index in [4.69, 9.17) is 20.0 Å². The molecule has 0 saturated carbocycles. The Balaban J connectivity index is 2.14. The second-order valence-electron chi connectivity index (χ2n) is 5.12. The summed E-state index contributed by atoms with van der Waals surface area (Å²) in [6.07, 6.45) is 8.60. The highest BCUT2D eigenvalue weighted by molar-refractivity contribution is 7.99. The third kappa shape index (κ3) is 2.56. The third-order valence-corrected chi connectivity index (χ3v) is 5.74. The molecule has 0 radical (unpaired) electrons. The first-order valence-corrected chi connectivity index (χ1v) is 8.40. The molecular weight excluding hydrogens is 316 g/mol. The zero-order valence-corrected chi connectivity index (χ0v) is 12.8. The van der Waals surface area contributed by atoms with E-state index >= 15 is 0 Å². The number of rotatable bonds is 2. The van der Waals surface area contributed by atoms with E-state index in [-0.39, 0.29) is 21.0 Å². The van der Waals surface area contributed by atoms with Gasteiger partial charge in [0.25, 0.3) is 0 Å². The zero-order chi connectivity index (χ0) is 16.4. The lowest BCUT2D eigenvalue weighted by atomic mass is 10.1. The first-order chi connectivity index (χ1) is 11.1. The number of sulfone groups is 1. The Morgan fingerprint density at radius 2 is 1.48 bits per heavy atom. The third-order valence-electron chi connectivity index (χ3n) is 3.74. The van der Waals surface area contributed by atoms with Crippen LogP contribution in [0, 0.1) is 22.7 Å². The average Bonchev–Trinajstić information content (AvgIpc) is 3.22. The minimum Gasteiger partial charge on any atom is -0.493 e. The van der Waals surface area contributed by atoms with E-state index in [0.29, 0.717) is 12.8 Å². The van der Waals surface area contributed by atoms with Gasteiger partial charge in [0.15, 0.2) is 0 Å². The van der Waals surface area contributed by atoms with Gasteiger partial charge in [-0.1, -0.05) is 0 Å². The molecule has 0 aromatic rings. The summed E-state index contributed by atoms with van der Waals surface area (Å²) in [7, 11) is -3.77. The second-order valence-corrected chi connectivity index (χ2v) is 7.06. The summed E-state index contributed by atoms with van der Waals surface area (Å²) < 4.78 is 36.5. The Kier molecular flexibility index (Phi) is 3.81. The van der Waals surface area contributed by atoms with E-state index in [1.807, 2.05) is 0 Å². The average molecular weight is 328 g/mol. The largest absolute Gasteiger partial charge is 0.493 e. The molecule has 2 unspecified atom stereocenters. The molecule has 0 amide bonds. The molecule has 0 saturated heterocycles. The summed E-state index contributed by atoms with van der Waals surface area (Å²) >= 11 is 0. The first kappa shape index (κ1) is 15.1. The van der Waals surface area contributed by atoms with Crippen LogP contribution < -0.4 is 0 Å². The fourth-order valence-corrected chi connectivity index (χ4v) is 4.44. The van der Waals surface area contributed by atoms with Gasteiger partial charge in [-0.15, -0.1) is 0 Å². The van der Waals surface area contributed by atoms with Crippen LogP contribution in [0.25, 0.3) is 0 Å². The van der Waals surface area contributed by atoms with Gasteiger partial charge in [0.2, 0.25) is 9.84 Å². The molecule has 3 heterocycles. The van der Waals surface area contributed by atoms with Crippen LogP contribution in [0.1, 0.15) is 12.8 Å². The SMILES string of the molecule is N#CC(C#N)=C1C=C(C2CC=CO2)S(=O)(=O)C(C2CC=CO2)=C1. The molecule has 2 atom stereocenters. The van der Waals surface area contributed by atoms with Crippen molar-refractivity contribution in [1.82, 2.24) is 0 Å². The maximum Gasteiger partial charge on any atom is 0.206 e. The Hall–Kier alpha value is -2.77.